The third kappa shape index (κ3) is 3.10. The number of hydrogen-bond acceptors (Lipinski definition) is 4. The Bertz CT molecular complexity index is 288. The zero-order chi connectivity index (χ0) is 10.8. The first kappa shape index (κ1) is 11.2. The maximum absolute atomic E-state index is 5.86. The molecule has 80 valence electrons. The molecule has 1 aromatic rings. The first-order valence-corrected chi connectivity index (χ1v) is 5.03. The molecular weight excluding hydrogens is 178 g/mol. The molecule has 1 aromatic heterocycles. The van der Waals surface area contributed by atoms with Gasteiger partial charge in [-0.1, -0.05) is 19.0 Å². The normalized spacial score (nSPS) is 14.4. The van der Waals surface area contributed by atoms with Crippen LogP contribution in [0.4, 0.5) is 0 Å². The molecule has 0 bridgehead atoms. The Morgan fingerprint density at radius 1 is 1.50 bits per heavy atom. The van der Waals surface area contributed by atoms with Crippen LogP contribution in [-0.2, 0) is 6.42 Å². The molecular formula is C10H19N3O. The zero-order valence-electron chi connectivity index (χ0n) is 9.37. The van der Waals surface area contributed by atoms with Gasteiger partial charge in [0.05, 0.1) is 0 Å². The van der Waals surface area contributed by atoms with Crippen LogP contribution >= 0.6 is 0 Å². The van der Waals surface area contributed by atoms with Crippen molar-refractivity contribution in [3.8, 4) is 0 Å². The molecule has 14 heavy (non-hydrogen) atoms. The average Bonchev–Trinajstić information content (AvgIpc) is 2.48. The molecule has 2 N–H and O–H groups in total. The molecule has 1 unspecified atom stereocenters. The summed E-state index contributed by atoms with van der Waals surface area (Å²) < 4.78 is 5.12. The Labute approximate surface area is 84.9 Å². The predicted octanol–water partition coefficient (Wildman–Crippen LogP) is 1.86. The lowest BCUT2D eigenvalue weighted by Crippen LogP contribution is -2.34. The second-order valence-corrected chi connectivity index (χ2v) is 4.52. The van der Waals surface area contributed by atoms with Gasteiger partial charge in [0.25, 0.3) is 0 Å². The van der Waals surface area contributed by atoms with E-state index in [2.05, 4.69) is 24.0 Å². The molecule has 1 atom stereocenters. The zero-order valence-corrected chi connectivity index (χ0v) is 9.37. The van der Waals surface area contributed by atoms with Crippen LogP contribution in [0.1, 0.15) is 51.7 Å². The number of rotatable bonds is 4. The fraction of sp³-hybridized carbons (Fsp3) is 0.800. The van der Waals surface area contributed by atoms with Gasteiger partial charge in [-0.05, 0) is 20.3 Å². The van der Waals surface area contributed by atoms with Gasteiger partial charge in [0, 0.05) is 17.9 Å². The van der Waals surface area contributed by atoms with E-state index in [1.807, 2.05) is 13.8 Å². The van der Waals surface area contributed by atoms with E-state index in [0.29, 0.717) is 18.2 Å². The van der Waals surface area contributed by atoms with Gasteiger partial charge < -0.3 is 10.3 Å². The summed E-state index contributed by atoms with van der Waals surface area (Å²) in [6, 6.07) is 0. The lowest BCUT2D eigenvalue weighted by Gasteiger charge is -2.14. The highest BCUT2D eigenvalue weighted by molar-refractivity contribution is 4.96. The molecule has 0 aliphatic heterocycles. The minimum atomic E-state index is -0.292. The Morgan fingerprint density at radius 2 is 2.14 bits per heavy atom. The van der Waals surface area contributed by atoms with Gasteiger partial charge >= 0.3 is 0 Å². The van der Waals surface area contributed by atoms with Gasteiger partial charge in [-0.2, -0.15) is 4.98 Å². The average molecular weight is 197 g/mol. The molecule has 4 heteroatoms. The number of hydrogen-bond donors (Lipinski definition) is 1. The van der Waals surface area contributed by atoms with Crippen molar-refractivity contribution in [3.63, 3.8) is 0 Å². The van der Waals surface area contributed by atoms with Gasteiger partial charge in [0.1, 0.15) is 0 Å². The monoisotopic (exact) mass is 197 g/mol. The number of nitrogens with two attached hydrogens (primary N) is 1. The van der Waals surface area contributed by atoms with E-state index in [4.69, 9.17) is 10.3 Å². The van der Waals surface area contributed by atoms with Crippen LogP contribution in [0.5, 0.6) is 0 Å². The third-order valence-electron chi connectivity index (χ3n) is 2.14. The summed E-state index contributed by atoms with van der Waals surface area (Å²) in [5.41, 5.74) is 5.57. The minimum Gasteiger partial charge on any atom is -0.339 e. The quantitative estimate of drug-likeness (QED) is 0.800. The standard InChI is InChI=1S/C10H19N3O/c1-5-7(2)9-12-8(14-13-9)6-10(3,4)11/h7H,5-6,11H2,1-4H3. The Hall–Kier alpha value is -0.900. The molecule has 0 aliphatic rings. The van der Waals surface area contributed by atoms with Crippen molar-refractivity contribution in [3.05, 3.63) is 11.7 Å². The van der Waals surface area contributed by atoms with Gasteiger partial charge in [0.2, 0.25) is 5.89 Å². The van der Waals surface area contributed by atoms with Crippen LogP contribution < -0.4 is 5.73 Å². The molecule has 4 nitrogen and oxygen atoms in total. The van der Waals surface area contributed by atoms with Crippen molar-refractivity contribution in [2.75, 3.05) is 0 Å². The molecule has 1 rings (SSSR count). The lowest BCUT2D eigenvalue weighted by molar-refractivity contribution is 0.343. The first-order chi connectivity index (χ1) is 6.42. The van der Waals surface area contributed by atoms with Crippen LogP contribution in [0.25, 0.3) is 0 Å². The summed E-state index contributed by atoms with van der Waals surface area (Å²) in [5.74, 6) is 1.77. The Morgan fingerprint density at radius 3 is 2.64 bits per heavy atom. The fourth-order valence-electron chi connectivity index (χ4n) is 1.11. The van der Waals surface area contributed by atoms with Gasteiger partial charge in [-0.15, -0.1) is 0 Å². The van der Waals surface area contributed by atoms with E-state index >= 15 is 0 Å². The molecule has 0 saturated carbocycles. The SMILES string of the molecule is CCC(C)c1noc(CC(C)(C)N)n1. The maximum Gasteiger partial charge on any atom is 0.228 e. The van der Waals surface area contributed by atoms with Crippen LogP contribution in [0.2, 0.25) is 0 Å². The van der Waals surface area contributed by atoms with Crippen molar-refractivity contribution in [2.24, 2.45) is 5.73 Å². The fourth-order valence-corrected chi connectivity index (χ4v) is 1.11. The number of nitrogens with zero attached hydrogens (tertiary/aromatic N) is 2. The molecule has 0 spiro atoms. The molecule has 0 amide bonds. The Balaban J connectivity index is 2.69. The van der Waals surface area contributed by atoms with E-state index in [1.165, 1.54) is 0 Å². The third-order valence-corrected chi connectivity index (χ3v) is 2.14. The van der Waals surface area contributed by atoms with Crippen LogP contribution in [0.15, 0.2) is 4.52 Å². The molecule has 0 aromatic carbocycles. The van der Waals surface area contributed by atoms with E-state index in [-0.39, 0.29) is 5.54 Å². The van der Waals surface area contributed by atoms with E-state index in [1.54, 1.807) is 0 Å². The van der Waals surface area contributed by atoms with Crippen molar-refractivity contribution < 1.29 is 4.52 Å². The molecule has 0 saturated heterocycles. The molecule has 0 fully saturated rings. The van der Waals surface area contributed by atoms with Gasteiger partial charge in [-0.25, -0.2) is 0 Å². The van der Waals surface area contributed by atoms with Crippen molar-refractivity contribution in [1.29, 1.82) is 0 Å². The molecule has 0 radical (unpaired) electrons. The van der Waals surface area contributed by atoms with E-state index in [0.717, 1.165) is 12.2 Å². The lowest BCUT2D eigenvalue weighted by atomic mass is 10.0. The predicted molar refractivity (Wildman–Crippen MR) is 55.0 cm³/mol. The summed E-state index contributed by atoms with van der Waals surface area (Å²) in [4.78, 5) is 4.31. The van der Waals surface area contributed by atoms with Crippen LogP contribution in [0, 0.1) is 0 Å². The number of aromatic nitrogens is 2. The second kappa shape index (κ2) is 4.09. The van der Waals surface area contributed by atoms with Crippen molar-refractivity contribution in [2.45, 2.75) is 52.0 Å². The first-order valence-electron chi connectivity index (χ1n) is 5.03. The summed E-state index contributed by atoms with van der Waals surface area (Å²) in [5, 5.41) is 3.93. The van der Waals surface area contributed by atoms with E-state index in [9.17, 15) is 0 Å². The highest BCUT2D eigenvalue weighted by Gasteiger charge is 2.18. The maximum atomic E-state index is 5.86. The van der Waals surface area contributed by atoms with Crippen molar-refractivity contribution in [1.82, 2.24) is 10.1 Å². The minimum absolute atomic E-state index is 0.292. The summed E-state index contributed by atoms with van der Waals surface area (Å²) in [7, 11) is 0. The van der Waals surface area contributed by atoms with Crippen LogP contribution in [-0.4, -0.2) is 15.7 Å². The van der Waals surface area contributed by atoms with Gasteiger partial charge in [0.15, 0.2) is 5.82 Å². The largest absolute Gasteiger partial charge is 0.339 e. The van der Waals surface area contributed by atoms with Gasteiger partial charge in [-0.3, -0.25) is 0 Å². The van der Waals surface area contributed by atoms with E-state index < -0.39 is 0 Å². The Kier molecular flexibility index (Phi) is 3.26. The summed E-state index contributed by atoms with van der Waals surface area (Å²) in [6.45, 7) is 8.08. The topological polar surface area (TPSA) is 64.9 Å². The molecule has 0 aliphatic carbocycles. The second-order valence-electron chi connectivity index (χ2n) is 4.52. The smallest absolute Gasteiger partial charge is 0.228 e. The van der Waals surface area contributed by atoms with Crippen LogP contribution in [0.3, 0.4) is 0 Å². The van der Waals surface area contributed by atoms with Crippen molar-refractivity contribution >= 4 is 0 Å². The summed E-state index contributed by atoms with van der Waals surface area (Å²) >= 11 is 0. The highest BCUT2D eigenvalue weighted by atomic mass is 16.5. The summed E-state index contributed by atoms with van der Waals surface area (Å²) in [6.07, 6.45) is 1.64. The molecule has 1 heterocycles. The highest BCUT2D eigenvalue weighted by Crippen LogP contribution is 2.16.